The van der Waals surface area contributed by atoms with E-state index >= 15 is 0 Å². The average Bonchev–Trinajstić information content (AvgIpc) is 2.99. The minimum absolute atomic E-state index is 0.0238. The van der Waals surface area contributed by atoms with Crippen molar-refractivity contribution in [1.29, 1.82) is 0 Å². The zero-order valence-corrected chi connectivity index (χ0v) is 12.2. The lowest BCUT2D eigenvalue weighted by atomic mass is 9.96. The largest absolute Gasteiger partial charge is 0.348 e. The molecule has 0 saturated carbocycles. The Morgan fingerprint density at radius 3 is 3.10 bits per heavy atom. The van der Waals surface area contributed by atoms with E-state index in [1.54, 1.807) is 0 Å². The van der Waals surface area contributed by atoms with Crippen LogP contribution < -0.4 is 5.32 Å². The highest BCUT2D eigenvalue weighted by Gasteiger charge is 2.32. The highest BCUT2D eigenvalue weighted by atomic mass is 16.1. The molecule has 2 bridgehead atoms. The van der Waals surface area contributed by atoms with Gasteiger partial charge in [-0.1, -0.05) is 0 Å². The Hall–Kier alpha value is -1.88. The van der Waals surface area contributed by atoms with Crippen molar-refractivity contribution in [2.45, 2.75) is 25.8 Å². The molecule has 2 saturated heterocycles. The number of rotatable bonds is 2. The van der Waals surface area contributed by atoms with Crippen LogP contribution >= 0.6 is 0 Å². The van der Waals surface area contributed by atoms with Crippen molar-refractivity contribution >= 4 is 11.6 Å². The molecule has 1 unspecified atom stereocenters. The van der Waals surface area contributed by atoms with Gasteiger partial charge in [0.1, 0.15) is 5.65 Å². The molecule has 2 fully saturated rings. The van der Waals surface area contributed by atoms with Crippen molar-refractivity contribution in [2.24, 2.45) is 5.92 Å². The third-order valence-corrected chi connectivity index (χ3v) is 4.64. The van der Waals surface area contributed by atoms with Crippen LogP contribution in [0.5, 0.6) is 0 Å². The Bertz CT molecular complexity index is 681. The number of imidazole rings is 1. The fraction of sp³-hybridized carbons (Fsp3) is 0.500. The number of piperidine rings is 1. The van der Waals surface area contributed by atoms with Crippen LogP contribution in [-0.4, -0.2) is 45.9 Å². The zero-order chi connectivity index (χ0) is 14.4. The second-order valence-corrected chi connectivity index (χ2v) is 6.39. The number of nitrogens with zero attached hydrogens (tertiary/aromatic N) is 3. The summed E-state index contributed by atoms with van der Waals surface area (Å²) in [5, 5.41) is 3.19. The molecular formula is C16H20N4O. The monoisotopic (exact) mass is 284 g/mol. The van der Waals surface area contributed by atoms with Gasteiger partial charge in [-0.15, -0.1) is 0 Å². The van der Waals surface area contributed by atoms with Gasteiger partial charge in [0.25, 0.3) is 5.91 Å². The van der Waals surface area contributed by atoms with E-state index in [-0.39, 0.29) is 5.91 Å². The van der Waals surface area contributed by atoms with Gasteiger partial charge in [0.15, 0.2) is 0 Å². The predicted molar refractivity (Wildman–Crippen MR) is 80.3 cm³/mol. The van der Waals surface area contributed by atoms with Crippen LogP contribution in [0.15, 0.2) is 24.5 Å². The topological polar surface area (TPSA) is 49.6 Å². The Balaban J connectivity index is 1.50. The van der Waals surface area contributed by atoms with Gasteiger partial charge in [0.05, 0.1) is 11.3 Å². The molecule has 21 heavy (non-hydrogen) atoms. The van der Waals surface area contributed by atoms with E-state index in [4.69, 9.17) is 0 Å². The summed E-state index contributed by atoms with van der Waals surface area (Å²) in [6.45, 7) is 5.36. The summed E-state index contributed by atoms with van der Waals surface area (Å²) in [4.78, 5) is 19.3. The van der Waals surface area contributed by atoms with Gasteiger partial charge in [0, 0.05) is 31.5 Å². The first kappa shape index (κ1) is 12.8. The second-order valence-electron chi connectivity index (χ2n) is 6.39. The number of fused-ring (bicyclic) bond motifs is 3. The first-order valence-electron chi connectivity index (χ1n) is 7.66. The van der Waals surface area contributed by atoms with Gasteiger partial charge < -0.3 is 14.6 Å². The van der Waals surface area contributed by atoms with Crippen LogP contribution in [0.25, 0.3) is 5.65 Å². The second kappa shape index (κ2) is 4.84. The minimum atomic E-state index is 0.0238. The maximum Gasteiger partial charge on any atom is 0.253 e. The van der Waals surface area contributed by atoms with Gasteiger partial charge in [0.2, 0.25) is 0 Å². The van der Waals surface area contributed by atoms with Gasteiger partial charge in [-0.25, -0.2) is 4.98 Å². The first-order chi connectivity index (χ1) is 10.2. The quantitative estimate of drug-likeness (QED) is 0.908. The summed E-state index contributed by atoms with van der Waals surface area (Å²) in [6.07, 6.45) is 6.21. The summed E-state index contributed by atoms with van der Waals surface area (Å²) in [7, 11) is 0. The molecule has 2 aromatic heterocycles. The van der Waals surface area contributed by atoms with Gasteiger partial charge in [-0.05, 0) is 44.4 Å². The predicted octanol–water partition coefficient (Wildman–Crippen LogP) is 1.47. The Kier molecular flexibility index (Phi) is 2.96. The van der Waals surface area contributed by atoms with Crippen molar-refractivity contribution in [1.82, 2.24) is 19.6 Å². The summed E-state index contributed by atoms with van der Waals surface area (Å²) in [5.41, 5.74) is 2.54. The van der Waals surface area contributed by atoms with E-state index in [1.807, 2.05) is 35.9 Å². The number of hydrogen-bond donors (Lipinski definition) is 1. The van der Waals surface area contributed by atoms with Crippen molar-refractivity contribution in [3.05, 3.63) is 35.8 Å². The summed E-state index contributed by atoms with van der Waals surface area (Å²) < 4.78 is 1.91. The number of aryl methyl sites for hydroxylation is 1. The number of carbonyl (C=O) groups excluding carboxylic acids is 1. The lowest BCUT2D eigenvalue weighted by Crippen LogP contribution is -2.47. The van der Waals surface area contributed by atoms with Gasteiger partial charge in [-0.3, -0.25) is 4.79 Å². The average molecular weight is 284 g/mol. The smallest absolute Gasteiger partial charge is 0.253 e. The van der Waals surface area contributed by atoms with Crippen LogP contribution in [0.4, 0.5) is 0 Å². The zero-order valence-electron chi connectivity index (χ0n) is 12.2. The maximum absolute atomic E-state index is 12.4. The molecule has 4 heterocycles. The molecule has 110 valence electrons. The summed E-state index contributed by atoms with van der Waals surface area (Å²) >= 11 is 0. The van der Waals surface area contributed by atoms with Gasteiger partial charge >= 0.3 is 0 Å². The lowest BCUT2D eigenvalue weighted by Gasteiger charge is -2.30. The number of amides is 1. The maximum atomic E-state index is 12.4. The lowest BCUT2D eigenvalue weighted by molar-refractivity contribution is 0.0909. The third kappa shape index (κ3) is 2.42. The number of hydrogen-bond acceptors (Lipinski definition) is 3. The minimum Gasteiger partial charge on any atom is -0.348 e. The number of nitrogens with one attached hydrogen (secondary N) is 1. The Morgan fingerprint density at radius 2 is 2.24 bits per heavy atom. The molecule has 5 nitrogen and oxygen atoms in total. The Labute approximate surface area is 124 Å². The molecule has 0 aromatic carbocycles. The molecule has 2 aliphatic heterocycles. The Morgan fingerprint density at radius 1 is 1.33 bits per heavy atom. The molecule has 5 heteroatoms. The molecule has 2 aliphatic rings. The molecule has 3 atom stereocenters. The molecule has 0 spiro atoms. The van der Waals surface area contributed by atoms with E-state index < -0.39 is 0 Å². The summed E-state index contributed by atoms with van der Waals surface area (Å²) in [6, 6.07) is 4.05. The van der Waals surface area contributed by atoms with Crippen molar-refractivity contribution < 1.29 is 4.79 Å². The van der Waals surface area contributed by atoms with E-state index in [2.05, 4.69) is 15.2 Å². The number of pyridine rings is 1. The molecule has 0 radical (unpaired) electrons. The standard InChI is InChI=1S/C16H20N4O/c1-11-7-20-9-13(2-3-15(20)17-11)16(21)18-14-6-12-4-5-19(8-12)10-14/h2-3,7,9,12,14H,4-6,8,10H2,1H3,(H,18,21)/t12-,14-/m1/s1. The molecule has 1 amide bonds. The van der Waals surface area contributed by atoms with Crippen LogP contribution in [0, 0.1) is 12.8 Å². The highest BCUT2D eigenvalue weighted by molar-refractivity contribution is 5.94. The molecule has 4 rings (SSSR count). The van der Waals surface area contributed by atoms with Gasteiger partial charge in [-0.2, -0.15) is 0 Å². The van der Waals surface area contributed by atoms with Crippen molar-refractivity contribution in [3.63, 3.8) is 0 Å². The third-order valence-electron chi connectivity index (χ3n) is 4.64. The molecule has 1 N–H and O–H groups in total. The fourth-order valence-corrected chi connectivity index (χ4v) is 3.69. The van der Waals surface area contributed by atoms with Crippen molar-refractivity contribution in [3.8, 4) is 0 Å². The molecule has 2 aromatic rings. The molecule has 0 aliphatic carbocycles. The van der Waals surface area contributed by atoms with E-state index in [9.17, 15) is 4.79 Å². The highest BCUT2D eigenvalue weighted by Crippen LogP contribution is 2.26. The van der Waals surface area contributed by atoms with E-state index in [0.717, 1.165) is 30.2 Å². The van der Waals surface area contributed by atoms with Crippen LogP contribution in [-0.2, 0) is 0 Å². The van der Waals surface area contributed by atoms with Crippen molar-refractivity contribution in [2.75, 3.05) is 19.6 Å². The summed E-state index contributed by atoms with van der Waals surface area (Å²) in [5.74, 6) is 0.790. The van der Waals surface area contributed by atoms with E-state index in [1.165, 1.54) is 19.5 Å². The van der Waals surface area contributed by atoms with E-state index in [0.29, 0.717) is 11.6 Å². The number of aromatic nitrogens is 2. The SMILES string of the molecule is Cc1cn2cc(C(=O)N[C@@H]3C[C@H]4CCN(C4)C3)ccc2n1. The number of carbonyl (C=O) groups is 1. The van der Waals surface area contributed by atoms with Crippen LogP contribution in [0.1, 0.15) is 28.9 Å². The van der Waals surface area contributed by atoms with Crippen LogP contribution in [0.3, 0.4) is 0 Å². The first-order valence-corrected chi connectivity index (χ1v) is 7.66. The van der Waals surface area contributed by atoms with Crippen LogP contribution in [0.2, 0.25) is 0 Å². The fourth-order valence-electron chi connectivity index (χ4n) is 3.69. The molecular weight excluding hydrogens is 264 g/mol. The normalized spacial score (nSPS) is 28.0.